The van der Waals surface area contributed by atoms with Crippen LogP contribution in [0.2, 0.25) is 0 Å². The summed E-state index contributed by atoms with van der Waals surface area (Å²) >= 11 is 0. The van der Waals surface area contributed by atoms with E-state index in [1.165, 1.54) is 30.5 Å². The van der Waals surface area contributed by atoms with Crippen molar-refractivity contribution in [1.82, 2.24) is 0 Å². The molecule has 0 aliphatic heterocycles. The molecule has 0 unspecified atom stereocenters. The molecule has 0 N–H and O–H groups in total. The highest BCUT2D eigenvalue weighted by Gasteiger charge is 2.07. The van der Waals surface area contributed by atoms with Crippen molar-refractivity contribution in [3.63, 3.8) is 0 Å². The predicted octanol–water partition coefficient (Wildman–Crippen LogP) is 3.56. The fourth-order valence-corrected chi connectivity index (χ4v) is 1.76. The van der Waals surface area contributed by atoms with Gasteiger partial charge in [0.25, 0.3) is 11.4 Å². The van der Waals surface area contributed by atoms with Gasteiger partial charge in [0.2, 0.25) is 0 Å². The summed E-state index contributed by atoms with van der Waals surface area (Å²) in [5.41, 5.74) is 1.81. The second kappa shape index (κ2) is 5.91. The van der Waals surface area contributed by atoms with E-state index < -0.39 is 9.85 Å². The Bertz CT molecular complexity index is 741. The summed E-state index contributed by atoms with van der Waals surface area (Å²) in [7, 11) is 0. The van der Waals surface area contributed by atoms with Gasteiger partial charge in [-0.3, -0.25) is 25.2 Å². The van der Waals surface area contributed by atoms with E-state index in [0.717, 1.165) is 0 Å². The van der Waals surface area contributed by atoms with Crippen LogP contribution in [0.25, 0.3) is 0 Å². The molecule has 0 radical (unpaired) electrons. The van der Waals surface area contributed by atoms with Gasteiger partial charge >= 0.3 is 0 Å². The zero-order valence-corrected chi connectivity index (χ0v) is 11.1. The molecule has 0 aliphatic rings. The number of nitro benzene ring substituents is 2. The average molecular weight is 285 g/mol. The van der Waals surface area contributed by atoms with Crippen molar-refractivity contribution in [2.24, 2.45) is 4.99 Å². The van der Waals surface area contributed by atoms with Crippen molar-refractivity contribution in [1.29, 1.82) is 0 Å². The van der Waals surface area contributed by atoms with E-state index in [9.17, 15) is 20.2 Å². The minimum absolute atomic E-state index is 0.00167. The van der Waals surface area contributed by atoms with Gasteiger partial charge in [-0.05, 0) is 24.1 Å². The van der Waals surface area contributed by atoms with Crippen LogP contribution < -0.4 is 0 Å². The summed E-state index contributed by atoms with van der Waals surface area (Å²) in [4.78, 5) is 24.6. The van der Waals surface area contributed by atoms with Gasteiger partial charge in [-0.2, -0.15) is 0 Å². The van der Waals surface area contributed by atoms with Crippen molar-refractivity contribution in [2.75, 3.05) is 0 Å². The lowest BCUT2D eigenvalue weighted by molar-refractivity contribution is -0.385. The maximum atomic E-state index is 10.7. The van der Waals surface area contributed by atoms with E-state index in [1.54, 1.807) is 25.1 Å². The monoisotopic (exact) mass is 285 g/mol. The quantitative estimate of drug-likeness (QED) is 0.487. The maximum Gasteiger partial charge on any atom is 0.270 e. The summed E-state index contributed by atoms with van der Waals surface area (Å²) in [5, 5.41) is 21.3. The molecule has 2 aromatic rings. The van der Waals surface area contributed by atoms with Crippen molar-refractivity contribution in [3.8, 4) is 0 Å². The van der Waals surface area contributed by atoms with Crippen LogP contribution >= 0.6 is 0 Å². The van der Waals surface area contributed by atoms with Crippen LogP contribution in [0.1, 0.15) is 11.1 Å². The molecular formula is C14H11N3O4. The van der Waals surface area contributed by atoms with Crippen molar-refractivity contribution in [3.05, 3.63) is 73.8 Å². The third kappa shape index (κ3) is 3.47. The normalized spacial score (nSPS) is 10.7. The lowest BCUT2D eigenvalue weighted by Crippen LogP contribution is -1.90. The molecule has 0 aliphatic carbocycles. The third-order valence-corrected chi connectivity index (χ3v) is 2.82. The summed E-state index contributed by atoms with van der Waals surface area (Å²) < 4.78 is 0. The molecule has 21 heavy (non-hydrogen) atoms. The SMILES string of the molecule is Cc1cc([N+](=O)[O-])ccc1N=Cc1cccc([N+](=O)[O-])c1. The third-order valence-electron chi connectivity index (χ3n) is 2.82. The van der Waals surface area contributed by atoms with Crippen molar-refractivity contribution in [2.45, 2.75) is 6.92 Å². The molecule has 0 amide bonds. The van der Waals surface area contributed by atoms with Crippen molar-refractivity contribution >= 4 is 23.3 Å². The Hall–Kier alpha value is -3.09. The molecule has 0 saturated heterocycles. The topological polar surface area (TPSA) is 98.6 Å². The first-order chi connectivity index (χ1) is 9.97. The molecule has 106 valence electrons. The first-order valence-corrected chi connectivity index (χ1v) is 6.01. The largest absolute Gasteiger partial charge is 0.270 e. The fraction of sp³-hybridized carbons (Fsp3) is 0.0714. The highest BCUT2D eigenvalue weighted by atomic mass is 16.6. The number of hydrogen-bond donors (Lipinski definition) is 0. The molecule has 0 spiro atoms. The number of rotatable bonds is 4. The number of non-ortho nitro benzene ring substituents is 2. The Morgan fingerprint density at radius 2 is 1.67 bits per heavy atom. The molecule has 0 heterocycles. The highest BCUT2D eigenvalue weighted by Crippen LogP contribution is 2.23. The van der Waals surface area contributed by atoms with E-state index in [2.05, 4.69) is 4.99 Å². The van der Waals surface area contributed by atoms with Crippen LogP contribution in [0.15, 0.2) is 47.5 Å². The molecule has 2 aromatic carbocycles. The second-order valence-corrected chi connectivity index (χ2v) is 4.34. The van der Waals surface area contributed by atoms with E-state index in [1.807, 2.05) is 0 Å². The first-order valence-electron chi connectivity index (χ1n) is 6.01. The van der Waals surface area contributed by atoms with Crippen LogP contribution in [0.5, 0.6) is 0 Å². The molecule has 7 nitrogen and oxygen atoms in total. The maximum absolute atomic E-state index is 10.7. The van der Waals surface area contributed by atoms with Gasteiger partial charge in [0.1, 0.15) is 0 Å². The van der Waals surface area contributed by atoms with Gasteiger partial charge < -0.3 is 0 Å². The number of nitrogens with zero attached hydrogens (tertiary/aromatic N) is 3. The molecular weight excluding hydrogens is 274 g/mol. The summed E-state index contributed by atoms with van der Waals surface area (Å²) in [6.07, 6.45) is 1.49. The molecule has 0 fully saturated rings. The predicted molar refractivity (Wildman–Crippen MR) is 78.2 cm³/mol. The molecule has 0 aromatic heterocycles. The zero-order valence-electron chi connectivity index (χ0n) is 11.1. The number of aryl methyl sites for hydroxylation is 1. The van der Waals surface area contributed by atoms with E-state index in [4.69, 9.17) is 0 Å². The number of benzene rings is 2. The molecule has 0 atom stereocenters. The minimum atomic E-state index is -0.478. The lowest BCUT2D eigenvalue weighted by atomic mass is 10.2. The number of hydrogen-bond acceptors (Lipinski definition) is 5. The van der Waals surface area contributed by atoms with Gasteiger partial charge in [0.15, 0.2) is 0 Å². The minimum Gasteiger partial charge on any atom is -0.258 e. The van der Waals surface area contributed by atoms with Crippen LogP contribution in [0.4, 0.5) is 17.1 Å². The summed E-state index contributed by atoms with van der Waals surface area (Å²) in [6, 6.07) is 10.4. The second-order valence-electron chi connectivity index (χ2n) is 4.34. The van der Waals surface area contributed by atoms with E-state index >= 15 is 0 Å². The average Bonchev–Trinajstić information content (AvgIpc) is 2.46. The Kier molecular flexibility index (Phi) is 4.03. The van der Waals surface area contributed by atoms with Crippen LogP contribution in [-0.4, -0.2) is 16.1 Å². The first kappa shape index (κ1) is 14.3. The Balaban J connectivity index is 2.27. The van der Waals surface area contributed by atoms with Gasteiger partial charge in [0, 0.05) is 30.5 Å². The lowest BCUT2D eigenvalue weighted by Gasteiger charge is -2.00. The smallest absolute Gasteiger partial charge is 0.258 e. The van der Waals surface area contributed by atoms with Gasteiger partial charge in [-0.25, -0.2) is 0 Å². The number of nitro groups is 2. The Labute approximate surface area is 119 Å². The summed E-state index contributed by atoms with van der Waals surface area (Å²) in [5.74, 6) is 0. The van der Waals surface area contributed by atoms with Crippen LogP contribution in [0.3, 0.4) is 0 Å². The Morgan fingerprint density at radius 1 is 1.00 bits per heavy atom. The highest BCUT2D eigenvalue weighted by molar-refractivity contribution is 5.83. The van der Waals surface area contributed by atoms with Crippen LogP contribution in [-0.2, 0) is 0 Å². The van der Waals surface area contributed by atoms with Gasteiger partial charge in [-0.15, -0.1) is 0 Å². The molecule has 0 bridgehead atoms. The molecule has 2 rings (SSSR count). The summed E-state index contributed by atoms with van der Waals surface area (Å²) in [6.45, 7) is 1.72. The fourth-order valence-electron chi connectivity index (χ4n) is 1.76. The van der Waals surface area contributed by atoms with Gasteiger partial charge in [0.05, 0.1) is 15.5 Å². The molecule has 7 heteroatoms. The molecule has 0 saturated carbocycles. The van der Waals surface area contributed by atoms with Crippen LogP contribution in [0, 0.1) is 27.2 Å². The van der Waals surface area contributed by atoms with Crippen molar-refractivity contribution < 1.29 is 9.85 Å². The van der Waals surface area contributed by atoms with Gasteiger partial charge in [-0.1, -0.05) is 12.1 Å². The zero-order chi connectivity index (χ0) is 15.4. The van der Waals surface area contributed by atoms with E-state index in [-0.39, 0.29) is 11.4 Å². The number of aliphatic imine (C=N–C) groups is 1. The Morgan fingerprint density at radius 3 is 2.29 bits per heavy atom. The standard InChI is InChI=1S/C14H11N3O4/c1-10-7-13(17(20)21)5-6-14(10)15-9-11-3-2-4-12(8-11)16(18)19/h2-9H,1H3. The van der Waals surface area contributed by atoms with E-state index in [0.29, 0.717) is 16.8 Å².